The van der Waals surface area contributed by atoms with Crippen LogP contribution in [-0.4, -0.2) is 35.9 Å². The van der Waals surface area contributed by atoms with Gasteiger partial charge < -0.3 is 23.9 Å². The van der Waals surface area contributed by atoms with E-state index in [-0.39, 0.29) is 17.9 Å². The Balaban J connectivity index is 1.87. The van der Waals surface area contributed by atoms with E-state index >= 15 is 0 Å². The first-order valence-electron chi connectivity index (χ1n) is 9.73. The molecule has 3 aromatic rings. The normalized spacial score (nSPS) is 17.6. The molecule has 1 aliphatic heterocycles. The largest absolute Gasteiger partial charge is 0.507 e. The van der Waals surface area contributed by atoms with E-state index in [1.165, 1.54) is 25.4 Å². The van der Waals surface area contributed by atoms with E-state index in [4.69, 9.17) is 13.9 Å². The van der Waals surface area contributed by atoms with Gasteiger partial charge in [0.2, 0.25) is 0 Å². The number of halogens is 1. The highest BCUT2D eigenvalue weighted by Gasteiger charge is 2.46. The quantitative estimate of drug-likeness (QED) is 0.302. The average molecular weight is 498 g/mol. The van der Waals surface area contributed by atoms with Crippen molar-refractivity contribution in [2.75, 3.05) is 14.2 Å². The van der Waals surface area contributed by atoms with Crippen molar-refractivity contribution < 1.29 is 28.6 Å². The predicted molar refractivity (Wildman–Crippen MR) is 120 cm³/mol. The van der Waals surface area contributed by atoms with E-state index in [1.807, 2.05) is 12.1 Å². The zero-order valence-electron chi connectivity index (χ0n) is 17.4. The number of hydrogen-bond donors (Lipinski definition) is 1. The van der Waals surface area contributed by atoms with Crippen LogP contribution in [0.2, 0.25) is 0 Å². The summed E-state index contributed by atoms with van der Waals surface area (Å²) in [7, 11) is 2.98. The molecule has 1 atom stereocenters. The molecular formula is C24H20BrNO6. The summed E-state index contributed by atoms with van der Waals surface area (Å²) in [4.78, 5) is 27.5. The van der Waals surface area contributed by atoms with Crippen LogP contribution in [0.4, 0.5) is 0 Å². The molecule has 0 saturated carbocycles. The number of nitrogens with zero attached hydrogens (tertiary/aromatic N) is 1. The van der Waals surface area contributed by atoms with Gasteiger partial charge in [-0.3, -0.25) is 9.59 Å². The van der Waals surface area contributed by atoms with Crippen molar-refractivity contribution in [3.63, 3.8) is 0 Å². The zero-order chi connectivity index (χ0) is 22.8. The van der Waals surface area contributed by atoms with Crippen LogP contribution in [0, 0.1) is 0 Å². The third kappa shape index (κ3) is 3.89. The summed E-state index contributed by atoms with van der Waals surface area (Å²) in [5.41, 5.74) is 1.01. The molecule has 2 aromatic carbocycles. The molecule has 0 spiro atoms. The van der Waals surface area contributed by atoms with E-state index < -0.39 is 17.7 Å². The molecule has 7 nitrogen and oxygen atoms in total. The lowest BCUT2D eigenvalue weighted by Gasteiger charge is -2.24. The Labute approximate surface area is 193 Å². The topological polar surface area (TPSA) is 89.2 Å². The number of benzene rings is 2. The summed E-state index contributed by atoms with van der Waals surface area (Å²) in [6.45, 7) is 0.0843. The van der Waals surface area contributed by atoms with Crippen LogP contribution in [0.15, 0.2) is 75.3 Å². The molecule has 1 aliphatic rings. The highest BCUT2D eigenvalue weighted by Crippen LogP contribution is 2.41. The van der Waals surface area contributed by atoms with Gasteiger partial charge in [0.05, 0.1) is 38.6 Å². The molecule has 1 saturated heterocycles. The fourth-order valence-corrected chi connectivity index (χ4v) is 4.01. The zero-order valence-corrected chi connectivity index (χ0v) is 19.0. The second-order valence-electron chi connectivity index (χ2n) is 7.13. The summed E-state index contributed by atoms with van der Waals surface area (Å²) >= 11 is 3.40. The Kier molecular flexibility index (Phi) is 6.05. The molecule has 164 valence electrons. The fourth-order valence-electron chi connectivity index (χ4n) is 3.74. The summed E-state index contributed by atoms with van der Waals surface area (Å²) in [5, 5.41) is 11.2. The minimum atomic E-state index is -0.790. The van der Waals surface area contributed by atoms with Gasteiger partial charge in [0.1, 0.15) is 11.5 Å². The van der Waals surface area contributed by atoms with Crippen molar-refractivity contribution in [3.05, 3.63) is 87.8 Å². The fraction of sp³-hybridized carbons (Fsp3) is 0.167. The number of carbonyl (C=O) groups excluding carboxylic acids is 2. The van der Waals surface area contributed by atoms with Crippen LogP contribution < -0.4 is 9.47 Å². The molecule has 0 radical (unpaired) electrons. The minimum absolute atomic E-state index is 0.00361. The molecular weight excluding hydrogens is 478 g/mol. The van der Waals surface area contributed by atoms with Gasteiger partial charge in [-0.1, -0.05) is 28.1 Å². The molecule has 32 heavy (non-hydrogen) atoms. The lowest BCUT2D eigenvalue weighted by Crippen LogP contribution is -2.29. The second-order valence-corrected chi connectivity index (χ2v) is 8.04. The van der Waals surface area contributed by atoms with E-state index in [1.54, 1.807) is 42.5 Å². The van der Waals surface area contributed by atoms with Crippen LogP contribution in [0.25, 0.3) is 5.76 Å². The smallest absolute Gasteiger partial charge is 0.296 e. The Hall–Kier alpha value is -3.52. The summed E-state index contributed by atoms with van der Waals surface area (Å²) in [5.74, 6) is -0.374. The van der Waals surface area contributed by atoms with Crippen molar-refractivity contribution in [2.45, 2.75) is 12.6 Å². The number of furan rings is 1. The van der Waals surface area contributed by atoms with Gasteiger partial charge in [-0.15, -0.1) is 0 Å². The van der Waals surface area contributed by atoms with Crippen molar-refractivity contribution >= 4 is 33.4 Å². The second kappa shape index (κ2) is 8.92. The number of carbonyl (C=O) groups is 2. The van der Waals surface area contributed by atoms with Crippen LogP contribution in [0.5, 0.6) is 11.5 Å². The van der Waals surface area contributed by atoms with Gasteiger partial charge >= 0.3 is 0 Å². The predicted octanol–water partition coefficient (Wildman–Crippen LogP) is 4.68. The van der Waals surface area contributed by atoms with Gasteiger partial charge in [0.15, 0.2) is 11.5 Å². The Morgan fingerprint density at radius 1 is 1.06 bits per heavy atom. The highest BCUT2D eigenvalue weighted by atomic mass is 79.9. The number of likely N-dealkylation sites (tertiary alicyclic amines) is 1. The van der Waals surface area contributed by atoms with Crippen LogP contribution in [-0.2, 0) is 16.1 Å². The van der Waals surface area contributed by atoms with Crippen LogP contribution in [0.1, 0.15) is 22.9 Å². The first-order valence-corrected chi connectivity index (χ1v) is 10.5. The maximum atomic E-state index is 13.1. The summed E-state index contributed by atoms with van der Waals surface area (Å²) in [6.07, 6.45) is 1.50. The molecule has 1 aromatic heterocycles. The monoisotopic (exact) mass is 497 g/mol. The minimum Gasteiger partial charge on any atom is -0.507 e. The third-order valence-electron chi connectivity index (χ3n) is 5.29. The first-order chi connectivity index (χ1) is 15.4. The average Bonchev–Trinajstić information content (AvgIpc) is 3.41. The molecule has 2 heterocycles. The molecule has 0 bridgehead atoms. The molecule has 4 rings (SSSR count). The van der Waals surface area contributed by atoms with Gasteiger partial charge in [0, 0.05) is 10.0 Å². The number of aliphatic hydroxyl groups is 1. The lowest BCUT2D eigenvalue weighted by molar-refractivity contribution is -0.140. The number of rotatable bonds is 6. The molecule has 1 unspecified atom stereocenters. The number of aliphatic hydroxyl groups excluding tert-OH is 1. The highest BCUT2D eigenvalue weighted by molar-refractivity contribution is 9.10. The van der Waals surface area contributed by atoms with Crippen LogP contribution in [0.3, 0.4) is 0 Å². The molecule has 1 amide bonds. The van der Waals surface area contributed by atoms with Crippen molar-refractivity contribution in [1.29, 1.82) is 0 Å². The van der Waals surface area contributed by atoms with E-state index in [2.05, 4.69) is 15.9 Å². The summed E-state index contributed by atoms with van der Waals surface area (Å²) in [6, 6.07) is 14.7. The number of ketones is 1. The molecule has 0 aliphatic carbocycles. The number of ether oxygens (including phenoxy) is 2. The Morgan fingerprint density at radius 2 is 1.78 bits per heavy atom. The maximum Gasteiger partial charge on any atom is 0.296 e. The number of Topliss-reactive ketones (excluding diaryl/α,β-unsaturated/α-hetero) is 1. The van der Waals surface area contributed by atoms with E-state index in [9.17, 15) is 14.7 Å². The first kappa shape index (κ1) is 21.7. The van der Waals surface area contributed by atoms with Gasteiger partial charge in [-0.2, -0.15) is 0 Å². The van der Waals surface area contributed by atoms with Gasteiger partial charge in [-0.05, 0) is 48.0 Å². The van der Waals surface area contributed by atoms with E-state index in [0.29, 0.717) is 28.4 Å². The third-order valence-corrected chi connectivity index (χ3v) is 5.82. The SMILES string of the molecule is COc1ccc(C(O)=C2C(=O)C(=O)N(Cc3ccco3)C2c2ccc(Br)cc2)cc1OC. The standard InChI is InChI=1S/C24H20BrNO6/c1-30-18-10-7-15(12-19(18)31-2)22(27)20-21(14-5-8-16(25)9-6-14)26(24(29)23(20)28)13-17-4-3-11-32-17/h3-12,21,27H,13H2,1-2H3. The maximum absolute atomic E-state index is 13.1. The summed E-state index contributed by atoms with van der Waals surface area (Å²) < 4.78 is 16.8. The Morgan fingerprint density at radius 3 is 2.41 bits per heavy atom. The van der Waals surface area contributed by atoms with Gasteiger partial charge in [0.25, 0.3) is 11.7 Å². The molecule has 8 heteroatoms. The van der Waals surface area contributed by atoms with Crippen molar-refractivity contribution in [3.8, 4) is 11.5 Å². The van der Waals surface area contributed by atoms with Gasteiger partial charge in [-0.25, -0.2) is 0 Å². The van der Waals surface area contributed by atoms with Crippen LogP contribution >= 0.6 is 15.9 Å². The number of methoxy groups -OCH3 is 2. The van der Waals surface area contributed by atoms with Crippen molar-refractivity contribution in [1.82, 2.24) is 4.90 Å². The Bertz CT molecular complexity index is 1180. The van der Waals surface area contributed by atoms with E-state index in [0.717, 1.165) is 4.47 Å². The molecule has 1 N–H and O–H groups in total. The molecule has 1 fully saturated rings. The number of amides is 1. The van der Waals surface area contributed by atoms with Crippen molar-refractivity contribution in [2.24, 2.45) is 0 Å². The lowest BCUT2D eigenvalue weighted by atomic mass is 9.95. The number of hydrogen-bond acceptors (Lipinski definition) is 6.